The van der Waals surface area contributed by atoms with Crippen LogP contribution in [0.25, 0.3) is 10.9 Å². The number of aromatic nitrogens is 2. The molecule has 4 rings (SSSR count). The first-order valence-corrected chi connectivity index (χ1v) is 12.2. The molecule has 1 aromatic heterocycles. The lowest BCUT2D eigenvalue weighted by atomic mass is 9.95. The molecule has 0 aliphatic carbocycles. The van der Waals surface area contributed by atoms with Crippen LogP contribution in [0.15, 0.2) is 75.0 Å². The molecule has 9 heteroatoms. The molecule has 36 heavy (non-hydrogen) atoms. The third-order valence-electron chi connectivity index (χ3n) is 5.36. The van der Waals surface area contributed by atoms with Gasteiger partial charge in [-0.05, 0) is 54.1 Å². The van der Waals surface area contributed by atoms with E-state index in [4.69, 9.17) is 26.4 Å². The van der Waals surface area contributed by atoms with Crippen LogP contribution in [0.2, 0.25) is 5.02 Å². The van der Waals surface area contributed by atoms with Crippen LogP contribution in [-0.2, 0) is 12.0 Å². The van der Waals surface area contributed by atoms with Gasteiger partial charge in [-0.2, -0.15) is 9.78 Å². The van der Waals surface area contributed by atoms with Gasteiger partial charge in [0.25, 0.3) is 5.56 Å². The molecule has 184 valence electrons. The van der Waals surface area contributed by atoms with Crippen LogP contribution in [0.5, 0.6) is 5.75 Å². The quantitative estimate of drug-likeness (QED) is 0.277. The van der Waals surface area contributed by atoms with Gasteiger partial charge < -0.3 is 9.84 Å². The smallest absolute Gasteiger partial charge is 0.335 e. The van der Waals surface area contributed by atoms with Gasteiger partial charge in [0.1, 0.15) is 18.2 Å². The number of hydrogen-bond donors (Lipinski definition) is 1. The first-order valence-electron chi connectivity index (χ1n) is 11.0. The summed E-state index contributed by atoms with van der Waals surface area (Å²) in [7, 11) is 0. The van der Waals surface area contributed by atoms with E-state index in [1.807, 2.05) is 26.8 Å². The SMILES string of the molecule is CC(C)(C)c1nc2ccc(Br)cc2c(=O)n1N=Cc1cc(Cl)ccc1OCc1ccc(C(=O)O)cc1. The number of carboxylic acids is 1. The molecule has 4 aromatic rings. The van der Waals surface area contributed by atoms with Crippen molar-refractivity contribution < 1.29 is 14.6 Å². The van der Waals surface area contributed by atoms with Gasteiger partial charge in [0.15, 0.2) is 0 Å². The Hall–Kier alpha value is -3.49. The number of carboxylic acid groups (broad SMARTS) is 1. The van der Waals surface area contributed by atoms with Gasteiger partial charge >= 0.3 is 5.97 Å². The summed E-state index contributed by atoms with van der Waals surface area (Å²) in [6.45, 7) is 6.11. The molecule has 3 aromatic carbocycles. The molecule has 0 aliphatic heterocycles. The second kappa shape index (κ2) is 10.2. The molecule has 0 saturated heterocycles. The van der Waals surface area contributed by atoms with Gasteiger partial charge in [0.2, 0.25) is 0 Å². The third kappa shape index (κ3) is 5.66. The highest BCUT2D eigenvalue weighted by atomic mass is 79.9. The Morgan fingerprint density at radius 1 is 1.14 bits per heavy atom. The first kappa shape index (κ1) is 25.6. The zero-order valence-corrected chi connectivity index (χ0v) is 22.2. The maximum absolute atomic E-state index is 13.4. The number of hydrogen-bond acceptors (Lipinski definition) is 5. The van der Waals surface area contributed by atoms with Crippen molar-refractivity contribution in [1.82, 2.24) is 9.66 Å². The number of nitrogens with zero attached hydrogens (tertiary/aromatic N) is 3. The lowest BCUT2D eigenvalue weighted by Crippen LogP contribution is -2.29. The molecule has 0 aliphatic rings. The summed E-state index contributed by atoms with van der Waals surface area (Å²) in [5, 5.41) is 14.5. The average molecular weight is 569 g/mol. The number of fused-ring (bicyclic) bond motifs is 1. The molecule has 0 saturated carbocycles. The molecule has 0 amide bonds. The second-order valence-corrected chi connectivity index (χ2v) is 10.5. The van der Waals surface area contributed by atoms with E-state index < -0.39 is 11.4 Å². The monoisotopic (exact) mass is 567 g/mol. The van der Waals surface area contributed by atoms with E-state index in [9.17, 15) is 9.59 Å². The maximum Gasteiger partial charge on any atom is 0.335 e. The number of rotatable bonds is 6. The summed E-state index contributed by atoms with van der Waals surface area (Å²) in [5.41, 5.74) is 1.44. The van der Waals surface area contributed by atoms with Crippen LogP contribution in [0.4, 0.5) is 0 Å². The zero-order chi connectivity index (χ0) is 26.0. The predicted molar refractivity (Wildman–Crippen MR) is 145 cm³/mol. The van der Waals surface area contributed by atoms with Gasteiger partial charge in [-0.25, -0.2) is 9.78 Å². The van der Waals surface area contributed by atoms with E-state index in [1.54, 1.807) is 42.5 Å². The summed E-state index contributed by atoms with van der Waals surface area (Å²) in [5.74, 6) is 0.0352. The first-order chi connectivity index (χ1) is 17.0. The number of ether oxygens (including phenoxy) is 1. The summed E-state index contributed by atoms with van der Waals surface area (Å²) < 4.78 is 8.06. The fraction of sp³-hybridized carbons (Fsp3) is 0.185. The number of aromatic carboxylic acids is 1. The van der Waals surface area contributed by atoms with Crippen molar-refractivity contribution in [3.63, 3.8) is 0 Å². The molecule has 0 bridgehead atoms. The van der Waals surface area contributed by atoms with E-state index in [-0.39, 0.29) is 17.7 Å². The number of benzene rings is 3. The molecule has 0 radical (unpaired) electrons. The van der Waals surface area contributed by atoms with Crippen LogP contribution in [0, 0.1) is 0 Å². The Labute approximate surface area is 221 Å². The maximum atomic E-state index is 13.4. The molecule has 0 atom stereocenters. The Kier molecular flexibility index (Phi) is 7.28. The van der Waals surface area contributed by atoms with Crippen LogP contribution in [0.1, 0.15) is 48.1 Å². The molecule has 0 fully saturated rings. The van der Waals surface area contributed by atoms with Crippen LogP contribution >= 0.6 is 27.5 Å². The minimum absolute atomic E-state index is 0.203. The van der Waals surface area contributed by atoms with Gasteiger partial charge in [-0.1, -0.05) is 60.4 Å². The molecular weight excluding hydrogens is 546 g/mol. The standard InChI is InChI=1S/C27H23BrClN3O4/c1-27(2,3)26-31-22-10-8-19(28)13-21(22)24(33)32(26)30-14-18-12-20(29)9-11-23(18)36-15-16-4-6-17(7-5-16)25(34)35/h4-14H,15H2,1-3H3,(H,34,35). The normalized spacial score (nSPS) is 11.8. The van der Waals surface area contributed by atoms with Gasteiger partial charge in [0, 0.05) is 20.5 Å². The van der Waals surface area contributed by atoms with Crippen molar-refractivity contribution in [2.75, 3.05) is 0 Å². The Balaban J connectivity index is 1.71. The second-order valence-electron chi connectivity index (χ2n) is 9.18. The zero-order valence-electron chi connectivity index (χ0n) is 19.8. The Bertz CT molecular complexity index is 1540. The number of halogens is 2. The van der Waals surface area contributed by atoms with Crippen molar-refractivity contribution in [2.24, 2.45) is 5.10 Å². The molecule has 7 nitrogen and oxygen atoms in total. The fourth-order valence-electron chi connectivity index (χ4n) is 3.52. The lowest BCUT2D eigenvalue weighted by molar-refractivity contribution is 0.0697. The minimum Gasteiger partial charge on any atom is -0.488 e. The van der Waals surface area contributed by atoms with E-state index in [2.05, 4.69) is 21.0 Å². The average Bonchev–Trinajstić information content (AvgIpc) is 2.82. The summed E-state index contributed by atoms with van der Waals surface area (Å²) in [6, 6.07) is 16.9. The Morgan fingerprint density at radius 2 is 1.86 bits per heavy atom. The molecule has 1 heterocycles. The van der Waals surface area contributed by atoms with E-state index in [1.165, 1.54) is 23.0 Å². The molecular formula is C27H23BrClN3O4. The highest BCUT2D eigenvalue weighted by Crippen LogP contribution is 2.25. The molecule has 1 N–H and O–H groups in total. The topological polar surface area (TPSA) is 93.8 Å². The van der Waals surface area contributed by atoms with Crippen molar-refractivity contribution >= 4 is 50.6 Å². The van der Waals surface area contributed by atoms with Gasteiger partial charge in [-0.15, -0.1) is 0 Å². The van der Waals surface area contributed by atoms with Crippen molar-refractivity contribution in [2.45, 2.75) is 32.8 Å². The fourth-order valence-corrected chi connectivity index (χ4v) is 4.06. The van der Waals surface area contributed by atoms with Gasteiger partial charge in [-0.3, -0.25) is 4.79 Å². The van der Waals surface area contributed by atoms with Gasteiger partial charge in [0.05, 0.1) is 22.7 Å². The van der Waals surface area contributed by atoms with E-state index in [0.29, 0.717) is 33.1 Å². The highest BCUT2D eigenvalue weighted by Gasteiger charge is 2.23. The van der Waals surface area contributed by atoms with E-state index >= 15 is 0 Å². The summed E-state index contributed by atoms with van der Waals surface area (Å²) in [6.07, 6.45) is 1.52. The van der Waals surface area contributed by atoms with Crippen molar-refractivity contribution in [1.29, 1.82) is 0 Å². The van der Waals surface area contributed by atoms with Crippen molar-refractivity contribution in [3.05, 3.63) is 103 Å². The van der Waals surface area contributed by atoms with Crippen molar-refractivity contribution in [3.8, 4) is 5.75 Å². The largest absolute Gasteiger partial charge is 0.488 e. The summed E-state index contributed by atoms with van der Waals surface area (Å²) >= 11 is 9.65. The Morgan fingerprint density at radius 3 is 2.53 bits per heavy atom. The minimum atomic E-state index is -0.987. The van der Waals surface area contributed by atoms with Crippen LogP contribution < -0.4 is 10.3 Å². The molecule has 0 unspecified atom stereocenters. The highest BCUT2D eigenvalue weighted by molar-refractivity contribution is 9.10. The lowest BCUT2D eigenvalue weighted by Gasteiger charge is -2.21. The third-order valence-corrected chi connectivity index (χ3v) is 6.09. The molecule has 0 spiro atoms. The van der Waals surface area contributed by atoms with Crippen LogP contribution in [-0.4, -0.2) is 27.0 Å². The number of carbonyl (C=O) groups is 1. The summed E-state index contributed by atoms with van der Waals surface area (Å²) in [4.78, 5) is 29.2. The van der Waals surface area contributed by atoms with Crippen LogP contribution in [0.3, 0.4) is 0 Å². The predicted octanol–water partition coefficient (Wildman–Crippen LogP) is 6.27. The van der Waals surface area contributed by atoms with E-state index in [0.717, 1.165) is 10.0 Å².